The smallest absolute Gasteiger partial charge is 0.147 e. The Hall–Kier alpha value is -0.320. The molecule has 3 aliphatic heterocycles. The molecule has 0 aromatic rings. The second-order valence-corrected chi connectivity index (χ2v) is 5.21. The van der Waals surface area contributed by atoms with E-state index >= 15 is 0 Å². The molecule has 0 saturated carbocycles. The number of rotatable bonds is 2. The zero-order valence-corrected chi connectivity index (χ0v) is 12.9. The van der Waals surface area contributed by atoms with E-state index in [1.807, 2.05) is 0 Å². The number of hydrogen-bond acceptors (Lipinski definition) is 8. The van der Waals surface area contributed by atoms with Crippen LogP contribution < -0.4 is 0 Å². The molecule has 3 N–H and O–H groups in total. The summed E-state index contributed by atoms with van der Waals surface area (Å²) in [6.07, 6.45) is 1.60. The molecule has 0 spiro atoms. The number of aliphatic hydroxyl groups excluding tert-OH is 3. The molecule has 22 heavy (non-hydrogen) atoms. The highest BCUT2D eigenvalue weighted by molar-refractivity contribution is 4.60. The van der Waals surface area contributed by atoms with Gasteiger partial charge in [0.25, 0.3) is 0 Å². The Balaban J connectivity index is 0.000000166. The first-order valence-electron chi connectivity index (χ1n) is 7.58. The molecule has 8 nitrogen and oxygen atoms in total. The Kier molecular flexibility index (Phi) is 11.8. The summed E-state index contributed by atoms with van der Waals surface area (Å²) < 4.78 is 24.1. The van der Waals surface area contributed by atoms with Crippen LogP contribution in [0.1, 0.15) is 12.8 Å². The summed E-state index contributed by atoms with van der Waals surface area (Å²) >= 11 is 0. The van der Waals surface area contributed by atoms with Crippen LogP contribution in [0.25, 0.3) is 0 Å². The van der Waals surface area contributed by atoms with Gasteiger partial charge in [0.1, 0.15) is 25.8 Å². The highest BCUT2D eigenvalue weighted by Crippen LogP contribution is 2.12. The highest BCUT2D eigenvalue weighted by Gasteiger charge is 2.13. The van der Waals surface area contributed by atoms with E-state index in [9.17, 15) is 0 Å². The number of hydrogen-bond donors (Lipinski definition) is 3. The lowest BCUT2D eigenvalue weighted by molar-refractivity contribution is -0.150. The van der Waals surface area contributed by atoms with Gasteiger partial charge in [-0.05, 0) is 18.8 Å². The van der Waals surface area contributed by atoms with E-state index in [-0.39, 0.29) is 12.7 Å². The fourth-order valence-electron chi connectivity index (χ4n) is 1.88. The Labute approximate surface area is 130 Å². The minimum absolute atomic E-state index is 0.0694. The molecule has 132 valence electrons. The van der Waals surface area contributed by atoms with Crippen molar-refractivity contribution >= 4 is 0 Å². The van der Waals surface area contributed by atoms with Crippen molar-refractivity contribution in [1.29, 1.82) is 0 Å². The Morgan fingerprint density at radius 2 is 1.41 bits per heavy atom. The average molecular weight is 324 g/mol. The molecule has 0 aromatic heterocycles. The Morgan fingerprint density at radius 3 is 1.73 bits per heavy atom. The van der Waals surface area contributed by atoms with E-state index in [0.717, 1.165) is 26.1 Å². The van der Waals surface area contributed by atoms with Gasteiger partial charge in [0.05, 0.1) is 26.4 Å². The van der Waals surface area contributed by atoms with Gasteiger partial charge in [-0.25, -0.2) is 0 Å². The standard InChI is InChI=1S/C6H12O2.2C4H8O3/c7-5-6-1-3-8-4-2-6;5-4-1-6-3-7-2-4;5-1-4-2-6-3-7-4/h6-7H,1-5H2;2*4-5H,1-3H2. The van der Waals surface area contributed by atoms with Crippen molar-refractivity contribution in [1.82, 2.24) is 0 Å². The van der Waals surface area contributed by atoms with E-state index in [4.69, 9.17) is 39.0 Å². The lowest BCUT2D eigenvalue weighted by Gasteiger charge is -2.18. The van der Waals surface area contributed by atoms with Gasteiger partial charge in [0.2, 0.25) is 0 Å². The number of aliphatic hydroxyl groups is 3. The van der Waals surface area contributed by atoms with Crippen LogP contribution in [-0.4, -0.2) is 87.4 Å². The summed E-state index contributed by atoms with van der Waals surface area (Å²) in [4.78, 5) is 0. The zero-order chi connectivity index (χ0) is 16.0. The minimum atomic E-state index is -0.409. The van der Waals surface area contributed by atoms with Crippen LogP contribution in [-0.2, 0) is 23.7 Å². The molecule has 3 heterocycles. The Bertz CT molecular complexity index is 235. The van der Waals surface area contributed by atoms with Crippen molar-refractivity contribution in [3.8, 4) is 0 Å². The molecule has 0 radical (unpaired) electrons. The Morgan fingerprint density at radius 1 is 0.773 bits per heavy atom. The van der Waals surface area contributed by atoms with Gasteiger partial charge >= 0.3 is 0 Å². The summed E-state index contributed by atoms with van der Waals surface area (Å²) in [6.45, 7) is 4.12. The first-order chi connectivity index (χ1) is 10.8. The van der Waals surface area contributed by atoms with Crippen LogP contribution in [0.2, 0.25) is 0 Å². The third kappa shape index (κ3) is 9.65. The van der Waals surface area contributed by atoms with Crippen LogP contribution in [0.3, 0.4) is 0 Å². The molecule has 3 aliphatic rings. The SMILES string of the molecule is OC1COCOC1.OCC1CCOCC1.OCC1COCO1. The van der Waals surface area contributed by atoms with Gasteiger partial charge in [-0.2, -0.15) is 0 Å². The maximum Gasteiger partial charge on any atom is 0.147 e. The molecule has 1 unspecified atom stereocenters. The molecule has 3 fully saturated rings. The third-order valence-electron chi connectivity index (χ3n) is 3.28. The summed E-state index contributed by atoms with van der Waals surface area (Å²) in [5.74, 6) is 0.517. The fourth-order valence-corrected chi connectivity index (χ4v) is 1.88. The molecule has 8 heteroatoms. The van der Waals surface area contributed by atoms with E-state index in [0.29, 0.717) is 45.9 Å². The molecule has 3 rings (SSSR count). The molecule has 3 saturated heterocycles. The van der Waals surface area contributed by atoms with Crippen molar-refractivity contribution in [2.45, 2.75) is 25.0 Å². The van der Waals surface area contributed by atoms with Crippen molar-refractivity contribution in [2.24, 2.45) is 5.92 Å². The lowest BCUT2D eigenvalue weighted by Crippen LogP contribution is -2.28. The van der Waals surface area contributed by atoms with E-state index < -0.39 is 6.10 Å². The molecule has 1 atom stereocenters. The highest BCUT2D eigenvalue weighted by atomic mass is 16.7. The van der Waals surface area contributed by atoms with Crippen molar-refractivity contribution in [2.75, 3.05) is 59.8 Å². The summed E-state index contributed by atoms with van der Waals surface area (Å²) in [5.41, 5.74) is 0. The summed E-state index contributed by atoms with van der Waals surface area (Å²) in [7, 11) is 0. The maximum absolute atomic E-state index is 8.66. The fraction of sp³-hybridized carbons (Fsp3) is 1.00. The summed E-state index contributed by atoms with van der Waals surface area (Å²) in [5, 5.41) is 25.7. The minimum Gasteiger partial charge on any atom is -0.396 e. The van der Waals surface area contributed by atoms with Gasteiger partial charge in [-0.1, -0.05) is 0 Å². The molecule has 0 amide bonds. The van der Waals surface area contributed by atoms with Gasteiger partial charge in [-0.15, -0.1) is 0 Å². The molecule has 0 bridgehead atoms. The van der Waals surface area contributed by atoms with Gasteiger partial charge < -0.3 is 39.0 Å². The van der Waals surface area contributed by atoms with E-state index in [2.05, 4.69) is 0 Å². The maximum atomic E-state index is 8.66. The largest absolute Gasteiger partial charge is 0.396 e. The molecular formula is C14H28O8. The number of ether oxygens (including phenoxy) is 5. The predicted molar refractivity (Wildman–Crippen MR) is 76.2 cm³/mol. The average Bonchev–Trinajstić information content (AvgIpc) is 3.11. The predicted octanol–water partition coefficient (Wildman–Crippen LogP) is -0.891. The van der Waals surface area contributed by atoms with Crippen LogP contribution in [0.15, 0.2) is 0 Å². The van der Waals surface area contributed by atoms with Crippen LogP contribution >= 0.6 is 0 Å². The van der Waals surface area contributed by atoms with Gasteiger partial charge in [-0.3, -0.25) is 0 Å². The molecule has 0 aliphatic carbocycles. The molecular weight excluding hydrogens is 296 g/mol. The second-order valence-electron chi connectivity index (χ2n) is 5.21. The van der Waals surface area contributed by atoms with E-state index in [1.165, 1.54) is 0 Å². The second kappa shape index (κ2) is 13.1. The monoisotopic (exact) mass is 324 g/mol. The van der Waals surface area contributed by atoms with Crippen LogP contribution in [0.5, 0.6) is 0 Å². The quantitative estimate of drug-likeness (QED) is 0.600. The van der Waals surface area contributed by atoms with E-state index in [1.54, 1.807) is 0 Å². The topological polar surface area (TPSA) is 107 Å². The first kappa shape index (κ1) is 19.7. The van der Waals surface area contributed by atoms with Crippen LogP contribution in [0.4, 0.5) is 0 Å². The third-order valence-corrected chi connectivity index (χ3v) is 3.28. The van der Waals surface area contributed by atoms with Crippen molar-refractivity contribution in [3.05, 3.63) is 0 Å². The lowest BCUT2D eigenvalue weighted by atomic mass is 10.0. The van der Waals surface area contributed by atoms with Crippen molar-refractivity contribution in [3.63, 3.8) is 0 Å². The van der Waals surface area contributed by atoms with Gasteiger partial charge in [0.15, 0.2) is 0 Å². The zero-order valence-electron chi connectivity index (χ0n) is 12.9. The normalized spacial score (nSPS) is 26.6. The van der Waals surface area contributed by atoms with Crippen molar-refractivity contribution < 1.29 is 39.0 Å². The van der Waals surface area contributed by atoms with Crippen LogP contribution in [0, 0.1) is 5.92 Å². The first-order valence-corrected chi connectivity index (χ1v) is 7.58. The van der Waals surface area contributed by atoms with Gasteiger partial charge in [0, 0.05) is 19.8 Å². The molecule has 0 aromatic carbocycles. The summed E-state index contributed by atoms with van der Waals surface area (Å²) in [6, 6.07) is 0.